The van der Waals surface area contributed by atoms with Crippen molar-refractivity contribution in [3.63, 3.8) is 0 Å². The molecule has 1 aromatic carbocycles. The van der Waals surface area contributed by atoms with Crippen LogP contribution < -0.4 is 5.32 Å². The van der Waals surface area contributed by atoms with Gasteiger partial charge in [0.25, 0.3) is 0 Å². The zero-order valence-electron chi connectivity index (χ0n) is 8.96. The first-order valence-corrected chi connectivity index (χ1v) is 5.25. The average Bonchev–Trinajstić information content (AvgIpc) is 2.26. The van der Waals surface area contributed by atoms with E-state index in [2.05, 4.69) is 5.32 Å². The molecule has 0 saturated heterocycles. The molecule has 0 heterocycles. The third-order valence-electron chi connectivity index (χ3n) is 2.21. The highest BCUT2D eigenvalue weighted by Crippen LogP contribution is 2.14. The molecule has 1 rings (SSSR count). The Hall–Kier alpha value is -1.22. The molecule has 0 fully saturated rings. The van der Waals surface area contributed by atoms with Gasteiger partial charge in [-0.25, -0.2) is 4.79 Å². The van der Waals surface area contributed by atoms with Gasteiger partial charge in [0.1, 0.15) is 0 Å². The van der Waals surface area contributed by atoms with Crippen LogP contribution in [0.25, 0.3) is 0 Å². The Bertz CT molecular complexity index is 341. The van der Waals surface area contributed by atoms with Crippen LogP contribution in [-0.2, 0) is 6.54 Å². The molecule has 4 heteroatoms. The van der Waals surface area contributed by atoms with Crippen molar-refractivity contribution < 1.29 is 4.79 Å². The van der Waals surface area contributed by atoms with E-state index < -0.39 is 0 Å². The number of carbonyl (C=O) groups is 1. The van der Waals surface area contributed by atoms with Gasteiger partial charge in [0.05, 0.1) is 0 Å². The summed E-state index contributed by atoms with van der Waals surface area (Å²) in [6, 6.07) is 7.39. The molecule has 0 aliphatic rings. The average molecular weight is 227 g/mol. The summed E-state index contributed by atoms with van der Waals surface area (Å²) < 4.78 is 0. The van der Waals surface area contributed by atoms with E-state index in [0.717, 1.165) is 5.56 Å². The minimum absolute atomic E-state index is 0.0857. The van der Waals surface area contributed by atoms with Gasteiger partial charge in [0.2, 0.25) is 0 Å². The second-order valence-corrected chi connectivity index (χ2v) is 3.67. The number of nitrogens with zero attached hydrogens (tertiary/aromatic N) is 1. The Labute approximate surface area is 95.0 Å². The molecule has 0 atom stereocenters. The first kappa shape index (κ1) is 11.9. The van der Waals surface area contributed by atoms with Gasteiger partial charge in [-0.2, -0.15) is 0 Å². The predicted octanol–water partition coefficient (Wildman–Crippen LogP) is 2.50. The maximum Gasteiger partial charge on any atom is 0.317 e. The summed E-state index contributed by atoms with van der Waals surface area (Å²) >= 11 is 5.96. The van der Waals surface area contributed by atoms with Crippen molar-refractivity contribution >= 4 is 17.6 Å². The van der Waals surface area contributed by atoms with Gasteiger partial charge in [-0.3, -0.25) is 0 Å². The van der Waals surface area contributed by atoms with E-state index >= 15 is 0 Å². The van der Waals surface area contributed by atoms with Crippen LogP contribution in [0.2, 0.25) is 5.02 Å². The SMILES string of the molecule is CCN(C)C(=O)NCc1ccccc1Cl. The fourth-order valence-corrected chi connectivity index (χ4v) is 1.29. The highest BCUT2D eigenvalue weighted by atomic mass is 35.5. The molecular weight excluding hydrogens is 212 g/mol. The minimum atomic E-state index is -0.0857. The summed E-state index contributed by atoms with van der Waals surface area (Å²) in [6.45, 7) is 3.08. The van der Waals surface area contributed by atoms with E-state index in [1.165, 1.54) is 0 Å². The van der Waals surface area contributed by atoms with Crippen molar-refractivity contribution in [1.82, 2.24) is 10.2 Å². The molecule has 82 valence electrons. The van der Waals surface area contributed by atoms with E-state index in [4.69, 9.17) is 11.6 Å². The highest BCUT2D eigenvalue weighted by molar-refractivity contribution is 6.31. The zero-order chi connectivity index (χ0) is 11.3. The zero-order valence-corrected chi connectivity index (χ0v) is 9.71. The quantitative estimate of drug-likeness (QED) is 0.844. The fraction of sp³-hybridized carbons (Fsp3) is 0.364. The van der Waals surface area contributed by atoms with Crippen LogP contribution in [0.5, 0.6) is 0 Å². The Kier molecular flexibility index (Phi) is 4.43. The summed E-state index contributed by atoms with van der Waals surface area (Å²) in [5.74, 6) is 0. The van der Waals surface area contributed by atoms with Crippen molar-refractivity contribution in [3.8, 4) is 0 Å². The summed E-state index contributed by atoms with van der Waals surface area (Å²) in [5.41, 5.74) is 0.928. The monoisotopic (exact) mass is 226 g/mol. The number of rotatable bonds is 3. The minimum Gasteiger partial charge on any atom is -0.334 e. The molecule has 1 N–H and O–H groups in total. The maximum atomic E-state index is 11.4. The van der Waals surface area contributed by atoms with E-state index in [9.17, 15) is 4.79 Å². The lowest BCUT2D eigenvalue weighted by atomic mass is 10.2. The van der Waals surface area contributed by atoms with E-state index in [1.807, 2.05) is 31.2 Å². The van der Waals surface area contributed by atoms with Crippen LogP contribution in [-0.4, -0.2) is 24.5 Å². The topological polar surface area (TPSA) is 32.3 Å². The van der Waals surface area contributed by atoms with Crippen molar-refractivity contribution in [2.75, 3.05) is 13.6 Å². The second-order valence-electron chi connectivity index (χ2n) is 3.26. The standard InChI is InChI=1S/C11H15ClN2O/c1-3-14(2)11(15)13-8-9-6-4-5-7-10(9)12/h4-7H,3,8H2,1-2H3,(H,13,15). The second kappa shape index (κ2) is 5.61. The highest BCUT2D eigenvalue weighted by Gasteiger charge is 2.06. The molecule has 0 radical (unpaired) electrons. The Morgan fingerprint density at radius 3 is 2.73 bits per heavy atom. The van der Waals surface area contributed by atoms with Gasteiger partial charge in [-0.1, -0.05) is 29.8 Å². The number of nitrogens with one attached hydrogen (secondary N) is 1. The van der Waals surface area contributed by atoms with Gasteiger partial charge in [0, 0.05) is 25.2 Å². The van der Waals surface area contributed by atoms with Gasteiger partial charge in [0.15, 0.2) is 0 Å². The summed E-state index contributed by atoms with van der Waals surface area (Å²) in [5, 5.41) is 3.47. The van der Waals surface area contributed by atoms with Crippen LogP contribution in [0.3, 0.4) is 0 Å². The molecule has 3 nitrogen and oxygen atoms in total. The number of hydrogen-bond acceptors (Lipinski definition) is 1. The smallest absolute Gasteiger partial charge is 0.317 e. The van der Waals surface area contributed by atoms with Crippen molar-refractivity contribution in [1.29, 1.82) is 0 Å². The third kappa shape index (κ3) is 3.44. The molecule has 0 aliphatic carbocycles. The molecule has 0 bridgehead atoms. The number of carbonyl (C=O) groups excluding carboxylic acids is 1. The Morgan fingerprint density at radius 2 is 2.13 bits per heavy atom. The van der Waals surface area contributed by atoms with Gasteiger partial charge in [-0.05, 0) is 18.6 Å². The maximum absolute atomic E-state index is 11.4. The lowest BCUT2D eigenvalue weighted by Crippen LogP contribution is -2.36. The molecule has 0 saturated carbocycles. The van der Waals surface area contributed by atoms with E-state index in [1.54, 1.807) is 11.9 Å². The lowest BCUT2D eigenvalue weighted by Gasteiger charge is -2.15. The molecule has 0 aliphatic heterocycles. The number of hydrogen-bond donors (Lipinski definition) is 1. The van der Waals surface area contributed by atoms with E-state index in [-0.39, 0.29) is 6.03 Å². The fourth-order valence-electron chi connectivity index (χ4n) is 1.09. The number of benzene rings is 1. The van der Waals surface area contributed by atoms with Crippen LogP contribution in [0.15, 0.2) is 24.3 Å². The van der Waals surface area contributed by atoms with Gasteiger partial charge in [-0.15, -0.1) is 0 Å². The summed E-state index contributed by atoms with van der Waals surface area (Å²) in [6.07, 6.45) is 0. The molecular formula is C11H15ClN2O. The van der Waals surface area contributed by atoms with E-state index in [0.29, 0.717) is 18.1 Å². The number of halogens is 1. The largest absolute Gasteiger partial charge is 0.334 e. The van der Waals surface area contributed by atoms with Crippen LogP contribution in [0.1, 0.15) is 12.5 Å². The predicted molar refractivity (Wildman–Crippen MR) is 62.0 cm³/mol. The number of urea groups is 1. The van der Waals surface area contributed by atoms with Gasteiger partial charge >= 0.3 is 6.03 Å². The van der Waals surface area contributed by atoms with Crippen molar-refractivity contribution in [2.24, 2.45) is 0 Å². The molecule has 15 heavy (non-hydrogen) atoms. The first-order chi connectivity index (χ1) is 7.15. The molecule has 0 spiro atoms. The summed E-state index contributed by atoms with van der Waals surface area (Å²) in [7, 11) is 1.75. The van der Waals surface area contributed by atoms with Crippen LogP contribution >= 0.6 is 11.6 Å². The first-order valence-electron chi connectivity index (χ1n) is 4.87. The molecule has 1 aromatic rings. The Balaban J connectivity index is 2.51. The van der Waals surface area contributed by atoms with Crippen LogP contribution in [0.4, 0.5) is 4.79 Å². The normalized spacial score (nSPS) is 9.80. The van der Waals surface area contributed by atoms with Crippen molar-refractivity contribution in [3.05, 3.63) is 34.9 Å². The van der Waals surface area contributed by atoms with Crippen LogP contribution in [0, 0.1) is 0 Å². The Morgan fingerprint density at radius 1 is 1.47 bits per heavy atom. The van der Waals surface area contributed by atoms with Gasteiger partial charge < -0.3 is 10.2 Å². The lowest BCUT2D eigenvalue weighted by molar-refractivity contribution is 0.210. The molecule has 0 unspecified atom stereocenters. The third-order valence-corrected chi connectivity index (χ3v) is 2.58. The summed E-state index contributed by atoms with van der Waals surface area (Å²) in [4.78, 5) is 13.0. The van der Waals surface area contributed by atoms with Crippen molar-refractivity contribution in [2.45, 2.75) is 13.5 Å². The number of amides is 2. The molecule has 2 amide bonds. The molecule has 0 aromatic heterocycles.